The molecule has 1 fully saturated rings. The molecule has 6 nitrogen and oxygen atoms in total. The van der Waals surface area contributed by atoms with Gasteiger partial charge in [-0.3, -0.25) is 14.4 Å². The molecule has 2 unspecified atom stereocenters. The summed E-state index contributed by atoms with van der Waals surface area (Å²) in [5, 5.41) is 2.32. The average molecular weight is 519 g/mol. The van der Waals surface area contributed by atoms with Gasteiger partial charge in [0.2, 0.25) is 0 Å². The van der Waals surface area contributed by atoms with Gasteiger partial charge in [-0.15, -0.1) is 23.4 Å². The van der Waals surface area contributed by atoms with Crippen LogP contribution in [0.1, 0.15) is 27.6 Å². The van der Waals surface area contributed by atoms with Crippen LogP contribution in [-0.4, -0.2) is 44.7 Å². The molecule has 36 heavy (non-hydrogen) atoms. The van der Waals surface area contributed by atoms with Crippen molar-refractivity contribution in [3.8, 4) is 0 Å². The number of alkyl halides is 1. The number of β-lactam (4-membered cyclic amide) rings is 1. The molecule has 0 aliphatic carbocycles. The third-order valence-electron chi connectivity index (χ3n) is 6.21. The summed E-state index contributed by atoms with van der Waals surface area (Å²) in [5.41, 5.74) is 2.12. The van der Waals surface area contributed by atoms with Crippen molar-refractivity contribution in [1.82, 2.24) is 10.2 Å². The Morgan fingerprint density at radius 3 is 2.06 bits per heavy atom. The molecule has 0 radical (unpaired) electrons. The smallest absolute Gasteiger partial charge is 0.328 e. The van der Waals surface area contributed by atoms with Gasteiger partial charge in [0.1, 0.15) is 16.2 Å². The number of benzene rings is 3. The van der Waals surface area contributed by atoms with Crippen LogP contribution in [0.5, 0.6) is 0 Å². The van der Waals surface area contributed by atoms with Crippen LogP contribution in [0.15, 0.2) is 103 Å². The normalized spacial score (nSPS) is 22.5. The highest BCUT2D eigenvalue weighted by atomic mass is 35.5. The molecule has 2 aliphatic rings. The van der Waals surface area contributed by atoms with Crippen LogP contribution in [0.25, 0.3) is 0 Å². The minimum Gasteiger partial charge on any atom is -0.451 e. The van der Waals surface area contributed by atoms with E-state index in [1.807, 2.05) is 66.7 Å². The molecule has 0 saturated carbocycles. The van der Waals surface area contributed by atoms with Crippen LogP contribution >= 0.6 is 23.4 Å². The van der Waals surface area contributed by atoms with Crippen molar-refractivity contribution in [2.75, 3.05) is 5.88 Å². The molecular formula is C28H23ClN2O4S. The minimum atomic E-state index is -1.22. The summed E-state index contributed by atoms with van der Waals surface area (Å²) in [7, 11) is 0. The van der Waals surface area contributed by atoms with Gasteiger partial charge in [-0.1, -0.05) is 78.9 Å². The second kappa shape index (κ2) is 10.2. The Balaban J connectivity index is 1.37. The molecule has 3 aromatic rings. The minimum absolute atomic E-state index is 0.0544. The van der Waals surface area contributed by atoms with Crippen LogP contribution in [0.4, 0.5) is 0 Å². The predicted molar refractivity (Wildman–Crippen MR) is 139 cm³/mol. The maximum absolute atomic E-state index is 13.6. The monoisotopic (exact) mass is 518 g/mol. The Bertz CT molecular complexity index is 1250. The number of halogens is 1. The number of carbonyl (C=O) groups excluding carboxylic acids is 3. The van der Waals surface area contributed by atoms with Crippen LogP contribution < -0.4 is 5.32 Å². The summed E-state index contributed by atoms with van der Waals surface area (Å²) in [6, 6.07) is 26.9. The average Bonchev–Trinajstić information content (AvgIpc) is 2.95. The summed E-state index contributed by atoms with van der Waals surface area (Å²) >= 11 is 7.58. The van der Waals surface area contributed by atoms with E-state index >= 15 is 0 Å². The number of hydrogen-bond acceptors (Lipinski definition) is 5. The zero-order chi connectivity index (χ0) is 25.1. The standard InChI is InChI=1S/C28H23ClN2O4S/c29-18-28(27(34)35-23(19-10-4-1-5-11-19)20-12-6-2-7-13-20)16-17-31-25(33)22(26(31)36-28)30-24(32)21-14-8-3-9-15-21/h1-17,22-23,26H,18H2,(H,30,32)/t22?,26-,28?/m1/s1. The van der Waals surface area contributed by atoms with E-state index in [2.05, 4.69) is 5.32 Å². The van der Waals surface area contributed by atoms with E-state index in [4.69, 9.17) is 16.3 Å². The third-order valence-corrected chi connectivity index (χ3v) is 8.40. The Labute approximate surface area is 218 Å². The van der Waals surface area contributed by atoms with Gasteiger partial charge in [0.05, 0.1) is 5.88 Å². The molecule has 8 heteroatoms. The van der Waals surface area contributed by atoms with E-state index in [0.29, 0.717) is 5.56 Å². The summed E-state index contributed by atoms with van der Waals surface area (Å²) < 4.78 is 4.87. The van der Waals surface area contributed by atoms with Crippen molar-refractivity contribution >= 4 is 41.1 Å². The lowest BCUT2D eigenvalue weighted by molar-refractivity contribution is -0.149. The van der Waals surface area contributed by atoms with Crippen LogP contribution in [0, 0.1) is 0 Å². The number of thioether (sulfide) groups is 1. The molecule has 0 spiro atoms. The fraction of sp³-hybridized carbons (Fsp3) is 0.179. The van der Waals surface area contributed by atoms with E-state index in [1.165, 1.54) is 16.7 Å². The van der Waals surface area contributed by atoms with Gasteiger partial charge in [0.25, 0.3) is 11.8 Å². The summed E-state index contributed by atoms with van der Waals surface area (Å²) in [4.78, 5) is 40.5. The number of hydrogen-bond donors (Lipinski definition) is 1. The first-order valence-corrected chi connectivity index (χ1v) is 12.9. The third kappa shape index (κ3) is 4.52. The molecule has 2 amide bonds. The number of esters is 1. The molecule has 3 atom stereocenters. The maximum atomic E-state index is 13.6. The van der Waals surface area contributed by atoms with Crippen molar-refractivity contribution in [1.29, 1.82) is 0 Å². The van der Waals surface area contributed by atoms with Crippen molar-refractivity contribution in [2.24, 2.45) is 0 Å². The van der Waals surface area contributed by atoms with Crippen LogP contribution in [0.2, 0.25) is 0 Å². The largest absolute Gasteiger partial charge is 0.451 e. The van der Waals surface area contributed by atoms with Gasteiger partial charge in [-0.25, -0.2) is 0 Å². The van der Waals surface area contributed by atoms with Gasteiger partial charge >= 0.3 is 5.97 Å². The fourth-order valence-corrected chi connectivity index (χ4v) is 5.98. The highest BCUT2D eigenvalue weighted by molar-refractivity contribution is 8.02. The molecule has 2 aliphatic heterocycles. The van der Waals surface area contributed by atoms with Crippen molar-refractivity contribution < 1.29 is 19.1 Å². The van der Waals surface area contributed by atoms with Crippen molar-refractivity contribution in [3.05, 3.63) is 120 Å². The van der Waals surface area contributed by atoms with E-state index < -0.39 is 28.2 Å². The number of ether oxygens (including phenoxy) is 1. The second-order valence-electron chi connectivity index (χ2n) is 8.52. The van der Waals surface area contributed by atoms with Gasteiger partial charge < -0.3 is 15.0 Å². The van der Waals surface area contributed by atoms with E-state index in [9.17, 15) is 14.4 Å². The first kappa shape index (κ1) is 24.2. The SMILES string of the molecule is O=C(NC1C(=O)N2C=CC(CCl)(C(=O)OC(c3ccccc3)c3ccccc3)S[C@H]12)c1ccccc1. The molecule has 1 saturated heterocycles. The maximum Gasteiger partial charge on any atom is 0.328 e. The lowest BCUT2D eigenvalue weighted by Gasteiger charge is -2.50. The van der Waals surface area contributed by atoms with Crippen LogP contribution in [0.3, 0.4) is 0 Å². The predicted octanol–water partition coefficient (Wildman–Crippen LogP) is 4.52. The molecule has 182 valence electrons. The van der Waals surface area contributed by atoms with Crippen molar-refractivity contribution in [2.45, 2.75) is 22.3 Å². The Kier molecular flexibility index (Phi) is 6.85. The Hall–Kier alpha value is -3.55. The first-order chi connectivity index (χ1) is 17.5. The van der Waals surface area contributed by atoms with Crippen LogP contribution in [-0.2, 0) is 14.3 Å². The lowest BCUT2D eigenvalue weighted by atomic mass is 10.0. The molecule has 1 N–H and O–H groups in total. The number of nitrogens with zero attached hydrogens (tertiary/aromatic N) is 1. The quantitative estimate of drug-likeness (QED) is 0.283. The zero-order valence-electron chi connectivity index (χ0n) is 19.1. The summed E-state index contributed by atoms with van der Waals surface area (Å²) in [5.74, 6) is -1.16. The molecule has 0 bridgehead atoms. The van der Waals surface area contributed by atoms with E-state index in [1.54, 1.807) is 36.5 Å². The lowest BCUT2D eigenvalue weighted by Crippen LogP contribution is -2.70. The van der Waals surface area contributed by atoms with Gasteiger partial charge in [-0.05, 0) is 29.3 Å². The summed E-state index contributed by atoms with van der Waals surface area (Å²) in [6.07, 6.45) is 2.56. The van der Waals surface area contributed by atoms with Crippen molar-refractivity contribution in [3.63, 3.8) is 0 Å². The first-order valence-electron chi connectivity index (χ1n) is 11.4. The van der Waals surface area contributed by atoms with Gasteiger partial charge in [-0.2, -0.15) is 0 Å². The number of nitrogens with one attached hydrogen (secondary N) is 1. The Morgan fingerprint density at radius 1 is 0.944 bits per heavy atom. The number of amides is 2. The fourth-order valence-electron chi connectivity index (χ4n) is 4.21. The summed E-state index contributed by atoms with van der Waals surface area (Å²) in [6.45, 7) is 0. The molecule has 3 aromatic carbocycles. The molecule has 5 rings (SSSR count). The number of rotatable bonds is 7. The van der Waals surface area contributed by atoms with E-state index in [0.717, 1.165) is 11.1 Å². The molecule has 2 heterocycles. The highest BCUT2D eigenvalue weighted by Gasteiger charge is 2.56. The van der Waals surface area contributed by atoms with Gasteiger partial charge in [0.15, 0.2) is 6.10 Å². The number of fused-ring (bicyclic) bond motifs is 1. The highest BCUT2D eigenvalue weighted by Crippen LogP contribution is 2.46. The van der Waals surface area contributed by atoms with E-state index in [-0.39, 0.29) is 17.7 Å². The number of carbonyl (C=O) groups is 3. The zero-order valence-corrected chi connectivity index (χ0v) is 20.7. The topological polar surface area (TPSA) is 75.7 Å². The van der Waals surface area contributed by atoms with Gasteiger partial charge in [0, 0.05) is 11.8 Å². The molecular weight excluding hydrogens is 496 g/mol. The molecule has 0 aromatic heterocycles. The Morgan fingerprint density at radius 2 is 1.50 bits per heavy atom. The second-order valence-corrected chi connectivity index (χ2v) is 10.2.